The summed E-state index contributed by atoms with van der Waals surface area (Å²) in [6.07, 6.45) is 2.95. The molecule has 1 aromatic rings. The van der Waals surface area contributed by atoms with Gasteiger partial charge in [-0.1, -0.05) is 41.1 Å². The van der Waals surface area contributed by atoms with E-state index in [4.69, 9.17) is 0 Å². The maximum Gasteiger partial charge on any atom is 0.227 e. The van der Waals surface area contributed by atoms with E-state index in [-0.39, 0.29) is 11.3 Å². The molecule has 104 valence electrons. The molecule has 1 aliphatic rings. The molecule has 3 nitrogen and oxygen atoms in total. The van der Waals surface area contributed by atoms with Gasteiger partial charge >= 0.3 is 0 Å². The average molecular weight is 325 g/mol. The molecule has 2 rings (SSSR count). The molecule has 19 heavy (non-hydrogen) atoms. The number of amides is 1. The quantitative estimate of drug-likeness (QED) is 0.894. The van der Waals surface area contributed by atoms with Crippen molar-refractivity contribution < 1.29 is 4.79 Å². The Kier molecular flexibility index (Phi) is 4.99. The molecule has 0 bridgehead atoms. The van der Waals surface area contributed by atoms with Crippen molar-refractivity contribution in [2.45, 2.75) is 32.7 Å². The van der Waals surface area contributed by atoms with Crippen molar-refractivity contribution >= 4 is 21.8 Å². The van der Waals surface area contributed by atoms with Crippen LogP contribution in [0.5, 0.6) is 0 Å². The minimum Gasteiger partial charge on any atom is -0.351 e. The fourth-order valence-electron chi connectivity index (χ4n) is 2.63. The van der Waals surface area contributed by atoms with Crippen LogP contribution in [-0.4, -0.2) is 19.0 Å². The van der Waals surface area contributed by atoms with Crippen molar-refractivity contribution in [1.29, 1.82) is 0 Å². The molecular weight excluding hydrogens is 304 g/mol. The van der Waals surface area contributed by atoms with Gasteiger partial charge in [-0.15, -0.1) is 0 Å². The van der Waals surface area contributed by atoms with Gasteiger partial charge in [0.2, 0.25) is 5.91 Å². The lowest BCUT2D eigenvalue weighted by molar-refractivity contribution is -0.132. The molecular formula is C15H21BrN2O. The van der Waals surface area contributed by atoms with Crippen molar-refractivity contribution in [3.8, 4) is 0 Å². The number of hydrogen-bond donors (Lipinski definition) is 2. The Morgan fingerprint density at radius 2 is 2.26 bits per heavy atom. The molecule has 1 fully saturated rings. The third-order valence-electron chi connectivity index (χ3n) is 4.03. The standard InChI is InChI=1S/C15H21BrN2O/c1-2-15(8-5-9-17-11-15)14(19)18-10-12-6-3-4-7-13(12)16/h3-4,6-7,17H,2,5,8-11H2,1H3,(H,18,19). The molecule has 1 heterocycles. The van der Waals surface area contributed by atoms with Gasteiger partial charge in [-0.3, -0.25) is 4.79 Å². The van der Waals surface area contributed by atoms with Crippen molar-refractivity contribution in [2.75, 3.05) is 13.1 Å². The van der Waals surface area contributed by atoms with Crippen LogP contribution in [0.1, 0.15) is 31.7 Å². The molecule has 2 N–H and O–H groups in total. The second-order valence-corrected chi connectivity index (χ2v) is 6.04. The number of piperidine rings is 1. The second-order valence-electron chi connectivity index (χ2n) is 5.19. The van der Waals surface area contributed by atoms with Crippen LogP contribution in [0.4, 0.5) is 0 Å². The molecule has 0 saturated carbocycles. The second kappa shape index (κ2) is 6.53. The molecule has 4 heteroatoms. The summed E-state index contributed by atoms with van der Waals surface area (Å²) < 4.78 is 1.04. The number of nitrogens with one attached hydrogen (secondary N) is 2. The number of rotatable bonds is 4. The van der Waals surface area contributed by atoms with Crippen LogP contribution in [0.3, 0.4) is 0 Å². The molecule has 1 atom stereocenters. The Balaban J connectivity index is 1.98. The fraction of sp³-hybridized carbons (Fsp3) is 0.533. The highest BCUT2D eigenvalue weighted by Gasteiger charge is 2.37. The van der Waals surface area contributed by atoms with Gasteiger partial charge in [-0.25, -0.2) is 0 Å². The van der Waals surface area contributed by atoms with E-state index < -0.39 is 0 Å². The summed E-state index contributed by atoms with van der Waals surface area (Å²) in [4.78, 5) is 12.5. The summed E-state index contributed by atoms with van der Waals surface area (Å²) >= 11 is 3.51. The minimum absolute atomic E-state index is 0.179. The molecule has 1 saturated heterocycles. The van der Waals surface area contributed by atoms with Crippen molar-refractivity contribution in [2.24, 2.45) is 5.41 Å². The maximum absolute atomic E-state index is 12.5. The first-order chi connectivity index (χ1) is 9.18. The zero-order valence-electron chi connectivity index (χ0n) is 11.3. The van der Waals surface area contributed by atoms with Crippen molar-refractivity contribution in [3.63, 3.8) is 0 Å². The lowest BCUT2D eigenvalue weighted by atomic mass is 9.77. The summed E-state index contributed by atoms with van der Waals surface area (Å²) in [6.45, 7) is 4.51. The molecule has 1 amide bonds. The van der Waals surface area contributed by atoms with Crippen LogP contribution in [0, 0.1) is 5.41 Å². The third-order valence-corrected chi connectivity index (χ3v) is 4.80. The molecule has 0 aromatic heterocycles. The maximum atomic E-state index is 12.5. The highest BCUT2D eigenvalue weighted by molar-refractivity contribution is 9.10. The SMILES string of the molecule is CCC1(C(=O)NCc2ccccc2Br)CCCNC1. The Bertz CT molecular complexity index is 442. The van der Waals surface area contributed by atoms with E-state index in [0.717, 1.165) is 42.4 Å². The van der Waals surface area contributed by atoms with E-state index in [1.165, 1.54) is 0 Å². The van der Waals surface area contributed by atoms with E-state index in [9.17, 15) is 4.79 Å². The van der Waals surface area contributed by atoms with Crippen molar-refractivity contribution in [3.05, 3.63) is 34.3 Å². The van der Waals surface area contributed by atoms with Crippen LogP contribution in [0.2, 0.25) is 0 Å². The molecule has 0 aliphatic carbocycles. The third kappa shape index (κ3) is 3.37. The Labute approximate surface area is 123 Å². The molecule has 1 aliphatic heterocycles. The Morgan fingerprint density at radius 1 is 1.47 bits per heavy atom. The van der Waals surface area contributed by atoms with Gasteiger partial charge in [0.05, 0.1) is 5.41 Å². The largest absolute Gasteiger partial charge is 0.351 e. The lowest BCUT2D eigenvalue weighted by Crippen LogP contribution is -2.50. The van der Waals surface area contributed by atoms with E-state index in [0.29, 0.717) is 6.54 Å². The van der Waals surface area contributed by atoms with Gasteiger partial charge in [0, 0.05) is 17.6 Å². The number of carbonyl (C=O) groups is 1. The zero-order chi connectivity index (χ0) is 13.7. The van der Waals surface area contributed by atoms with Gasteiger partial charge in [-0.2, -0.15) is 0 Å². The van der Waals surface area contributed by atoms with Crippen LogP contribution in [-0.2, 0) is 11.3 Å². The predicted molar refractivity (Wildman–Crippen MR) is 80.8 cm³/mol. The predicted octanol–water partition coefficient (Wildman–Crippen LogP) is 2.85. The van der Waals surface area contributed by atoms with Crippen molar-refractivity contribution in [1.82, 2.24) is 10.6 Å². The molecule has 1 unspecified atom stereocenters. The fourth-order valence-corrected chi connectivity index (χ4v) is 3.05. The van der Waals surface area contributed by atoms with Crippen LogP contribution in [0.25, 0.3) is 0 Å². The van der Waals surface area contributed by atoms with Crippen LogP contribution < -0.4 is 10.6 Å². The normalized spacial score (nSPS) is 23.1. The highest BCUT2D eigenvalue weighted by atomic mass is 79.9. The lowest BCUT2D eigenvalue weighted by Gasteiger charge is -2.35. The van der Waals surface area contributed by atoms with Gasteiger partial charge in [0.15, 0.2) is 0 Å². The van der Waals surface area contributed by atoms with Gasteiger partial charge in [0.25, 0.3) is 0 Å². The summed E-state index contributed by atoms with van der Waals surface area (Å²) in [5.74, 6) is 0.179. The highest BCUT2D eigenvalue weighted by Crippen LogP contribution is 2.30. The van der Waals surface area contributed by atoms with E-state index in [1.54, 1.807) is 0 Å². The Hall–Kier alpha value is -0.870. The van der Waals surface area contributed by atoms with Crippen LogP contribution >= 0.6 is 15.9 Å². The van der Waals surface area contributed by atoms with E-state index in [1.807, 2.05) is 24.3 Å². The number of benzene rings is 1. The molecule has 0 spiro atoms. The first-order valence-corrected chi connectivity index (χ1v) is 7.70. The topological polar surface area (TPSA) is 41.1 Å². The van der Waals surface area contributed by atoms with Gasteiger partial charge < -0.3 is 10.6 Å². The first-order valence-electron chi connectivity index (χ1n) is 6.90. The summed E-state index contributed by atoms with van der Waals surface area (Å²) in [5, 5.41) is 6.44. The number of hydrogen-bond acceptors (Lipinski definition) is 2. The average Bonchev–Trinajstić information content (AvgIpc) is 2.46. The molecule has 1 aromatic carbocycles. The van der Waals surface area contributed by atoms with Gasteiger partial charge in [0.1, 0.15) is 0 Å². The van der Waals surface area contributed by atoms with Gasteiger partial charge in [-0.05, 0) is 37.4 Å². The molecule has 0 radical (unpaired) electrons. The monoisotopic (exact) mass is 324 g/mol. The van der Waals surface area contributed by atoms with E-state index in [2.05, 4.69) is 33.5 Å². The Morgan fingerprint density at radius 3 is 2.89 bits per heavy atom. The first kappa shape index (κ1) is 14.5. The number of halogens is 1. The number of carbonyl (C=O) groups excluding carboxylic acids is 1. The van der Waals surface area contributed by atoms with E-state index >= 15 is 0 Å². The van der Waals surface area contributed by atoms with Crippen LogP contribution in [0.15, 0.2) is 28.7 Å². The summed E-state index contributed by atoms with van der Waals surface area (Å²) in [6, 6.07) is 8.00. The minimum atomic E-state index is -0.223. The zero-order valence-corrected chi connectivity index (χ0v) is 12.9. The summed E-state index contributed by atoms with van der Waals surface area (Å²) in [7, 11) is 0. The smallest absolute Gasteiger partial charge is 0.227 e. The summed E-state index contributed by atoms with van der Waals surface area (Å²) in [5.41, 5.74) is 0.894.